The van der Waals surface area contributed by atoms with Crippen LogP contribution in [-0.4, -0.2) is 49.9 Å². The Bertz CT molecular complexity index is 727. The van der Waals surface area contributed by atoms with Crippen LogP contribution < -0.4 is 9.47 Å². The fraction of sp³-hybridized carbons (Fsp3) is 0.400. The van der Waals surface area contributed by atoms with E-state index in [1.165, 1.54) is 12.2 Å². The van der Waals surface area contributed by atoms with Crippen LogP contribution in [0, 0.1) is 0 Å². The Morgan fingerprint density at radius 3 is 2.46 bits per heavy atom. The second-order valence-corrected chi connectivity index (χ2v) is 5.79. The van der Waals surface area contributed by atoms with E-state index >= 15 is 0 Å². The standard InChI is InChI=1S/C20H26N2O5.ClH/c1-5-26-19(20(23)22(2)25-4)12-15-6-8-17(9-7-15)27-14-16-13-18(24-3)10-11-21-16;/h6-11,13,19H,5,12,14H2,1-4H3;1H/t19-;/m0./s1. The quantitative estimate of drug-likeness (QED) is 0.561. The molecule has 154 valence electrons. The summed E-state index contributed by atoms with van der Waals surface area (Å²) in [7, 11) is 4.63. The van der Waals surface area contributed by atoms with Crippen LogP contribution in [0.25, 0.3) is 0 Å². The summed E-state index contributed by atoms with van der Waals surface area (Å²) < 4.78 is 16.5. The molecular formula is C20H27ClN2O5. The number of hydrogen-bond acceptors (Lipinski definition) is 6. The number of hydrogen-bond donors (Lipinski definition) is 0. The summed E-state index contributed by atoms with van der Waals surface area (Å²) in [6.45, 7) is 2.65. The van der Waals surface area contributed by atoms with Crippen LogP contribution >= 0.6 is 12.4 Å². The number of carbonyl (C=O) groups is 1. The van der Waals surface area contributed by atoms with Gasteiger partial charge in [0.1, 0.15) is 24.2 Å². The molecular weight excluding hydrogens is 384 g/mol. The molecule has 0 aliphatic rings. The number of likely N-dealkylation sites (N-methyl/N-ethyl adjacent to an activating group) is 1. The third kappa shape index (κ3) is 6.99. The van der Waals surface area contributed by atoms with Gasteiger partial charge in [0, 0.05) is 32.3 Å². The lowest BCUT2D eigenvalue weighted by molar-refractivity contribution is -0.180. The third-order valence-corrected chi connectivity index (χ3v) is 3.98. The van der Waals surface area contributed by atoms with Gasteiger partial charge in [-0.3, -0.25) is 14.6 Å². The predicted molar refractivity (Wildman–Crippen MR) is 108 cm³/mol. The summed E-state index contributed by atoms with van der Waals surface area (Å²) in [4.78, 5) is 21.5. The van der Waals surface area contributed by atoms with Crippen molar-refractivity contribution in [3.63, 3.8) is 0 Å². The number of hydroxylamine groups is 2. The Hall–Kier alpha value is -2.35. The highest BCUT2D eigenvalue weighted by molar-refractivity contribution is 5.85. The van der Waals surface area contributed by atoms with Gasteiger partial charge in [-0.05, 0) is 30.7 Å². The summed E-state index contributed by atoms with van der Waals surface area (Å²) in [5.74, 6) is 1.24. The fourth-order valence-electron chi connectivity index (χ4n) is 2.47. The molecule has 0 N–H and O–H groups in total. The molecule has 28 heavy (non-hydrogen) atoms. The van der Waals surface area contributed by atoms with Crippen molar-refractivity contribution in [3.8, 4) is 11.5 Å². The number of methoxy groups -OCH3 is 1. The first-order valence-corrected chi connectivity index (χ1v) is 8.71. The zero-order chi connectivity index (χ0) is 19.6. The SMILES string of the molecule is CCO[C@@H](Cc1ccc(OCc2cc(OC)ccn2)cc1)C(=O)N(C)OC.Cl. The van der Waals surface area contributed by atoms with Crippen LogP contribution in [0.3, 0.4) is 0 Å². The van der Waals surface area contributed by atoms with Crippen molar-refractivity contribution in [2.45, 2.75) is 26.1 Å². The van der Waals surface area contributed by atoms with Crippen molar-refractivity contribution in [2.75, 3.05) is 27.9 Å². The van der Waals surface area contributed by atoms with Gasteiger partial charge in [0.05, 0.1) is 19.9 Å². The number of benzene rings is 1. The average molecular weight is 411 g/mol. The van der Waals surface area contributed by atoms with E-state index in [1.54, 1.807) is 26.4 Å². The third-order valence-electron chi connectivity index (χ3n) is 3.98. The maximum atomic E-state index is 12.3. The van der Waals surface area contributed by atoms with Crippen LogP contribution in [0.4, 0.5) is 0 Å². The van der Waals surface area contributed by atoms with Gasteiger partial charge >= 0.3 is 0 Å². The molecule has 7 nitrogen and oxygen atoms in total. The number of ether oxygens (including phenoxy) is 3. The van der Waals surface area contributed by atoms with Gasteiger partial charge in [-0.15, -0.1) is 12.4 Å². The second kappa shape index (κ2) is 12.2. The van der Waals surface area contributed by atoms with Crippen LogP contribution in [0.2, 0.25) is 0 Å². The second-order valence-electron chi connectivity index (χ2n) is 5.79. The number of nitrogens with zero attached hydrogens (tertiary/aromatic N) is 2. The van der Waals surface area contributed by atoms with Crippen molar-refractivity contribution >= 4 is 18.3 Å². The number of pyridine rings is 1. The van der Waals surface area contributed by atoms with Gasteiger partial charge in [0.25, 0.3) is 5.91 Å². The van der Waals surface area contributed by atoms with E-state index in [0.29, 0.717) is 19.6 Å². The Labute approximate surface area is 171 Å². The molecule has 0 radical (unpaired) electrons. The molecule has 1 aromatic carbocycles. The minimum atomic E-state index is -0.590. The zero-order valence-electron chi connectivity index (χ0n) is 16.6. The number of aromatic nitrogens is 1. The molecule has 2 aromatic rings. The van der Waals surface area contributed by atoms with Crippen molar-refractivity contribution in [1.29, 1.82) is 0 Å². The Morgan fingerprint density at radius 1 is 1.14 bits per heavy atom. The van der Waals surface area contributed by atoms with Crippen LogP contribution in [0.1, 0.15) is 18.2 Å². The summed E-state index contributed by atoms with van der Waals surface area (Å²) in [6, 6.07) is 11.2. The van der Waals surface area contributed by atoms with Gasteiger partial charge in [-0.1, -0.05) is 12.1 Å². The molecule has 8 heteroatoms. The Balaban J connectivity index is 0.00000392. The first-order valence-electron chi connectivity index (χ1n) is 8.71. The molecule has 1 heterocycles. The molecule has 1 amide bonds. The van der Waals surface area contributed by atoms with Gasteiger partial charge in [-0.2, -0.15) is 0 Å². The lowest BCUT2D eigenvalue weighted by Gasteiger charge is -2.21. The highest BCUT2D eigenvalue weighted by atomic mass is 35.5. The lowest BCUT2D eigenvalue weighted by atomic mass is 10.1. The highest BCUT2D eigenvalue weighted by Gasteiger charge is 2.23. The topological polar surface area (TPSA) is 70.1 Å². The molecule has 0 spiro atoms. The lowest BCUT2D eigenvalue weighted by Crippen LogP contribution is -2.38. The predicted octanol–water partition coefficient (Wildman–Crippen LogP) is 3.06. The number of carbonyl (C=O) groups excluding carboxylic acids is 1. The monoisotopic (exact) mass is 410 g/mol. The smallest absolute Gasteiger partial charge is 0.275 e. The molecule has 0 aliphatic heterocycles. The Morgan fingerprint density at radius 2 is 1.86 bits per heavy atom. The summed E-state index contributed by atoms with van der Waals surface area (Å²) in [6.07, 6.45) is 1.55. The summed E-state index contributed by atoms with van der Waals surface area (Å²) in [5, 5.41) is 1.18. The largest absolute Gasteiger partial charge is 0.497 e. The average Bonchev–Trinajstić information content (AvgIpc) is 2.72. The van der Waals surface area contributed by atoms with Crippen LogP contribution in [-0.2, 0) is 27.4 Å². The first-order chi connectivity index (χ1) is 13.1. The van der Waals surface area contributed by atoms with Crippen molar-refractivity contribution < 1.29 is 23.8 Å². The van der Waals surface area contributed by atoms with Gasteiger partial charge in [0.15, 0.2) is 0 Å². The maximum Gasteiger partial charge on any atom is 0.275 e. The van der Waals surface area contributed by atoms with Gasteiger partial charge in [-0.25, -0.2) is 5.06 Å². The maximum absolute atomic E-state index is 12.3. The molecule has 0 bridgehead atoms. The Kier molecular flexibility index (Phi) is 10.3. The number of halogens is 1. The normalized spacial score (nSPS) is 11.3. The molecule has 0 unspecified atom stereocenters. The summed E-state index contributed by atoms with van der Waals surface area (Å²) in [5.41, 5.74) is 1.75. The summed E-state index contributed by atoms with van der Waals surface area (Å²) >= 11 is 0. The van der Waals surface area contributed by atoms with Crippen LogP contribution in [0.15, 0.2) is 42.6 Å². The van der Waals surface area contributed by atoms with E-state index in [1.807, 2.05) is 37.3 Å². The minimum absolute atomic E-state index is 0. The minimum Gasteiger partial charge on any atom is -0.497 e. The van der Waals surface area contributed by atoms with Crippen molar-refractivity contribution in [2.24, 2.45) is 0 Å². The van der Waals surface area contributed by atoms with Gasteiger partial charge in [0.2, 0.25) is 0 Å². The zero-order valence-corrected chi connectivity index (χ0v) is 17.4. The van der Waals surface area contributed by atoms with E-state index in [9.17, 15) is 4.79 Å². The van der Waals surface area contributed by atoms with Crippen molar-refractivity contribution in [3.05, 3.63) is 53.9 Å². The van der Waals surface area contributed by atoms with Crippen molar-refractivity contribution in [1.82, 2.24) is 10.0 Å². The highest BCUT2D eigenvalue weighted by Crippen LogP contribution is 2.17. The molecule has 2 rings (SSSR count). The number of rotatable bonds is 10. The van der Waals surface area contributed by atoms with Gasteiger partial charge < -0.3 is 14.2 Å². The van der Waals surface area contributed by atoms with Crippen LogP contribution in [0.5, 0.6) is 11.5 Å². The van der Waals surface area contributed by atoms with E-state index in [-0.39, 0.29) is 18.3 Å². The fourth-order valence-corrected chi connectivity index (χ4v) is 2.47. The van der Waals surface area contributed by atoms with E-state index < -0.39 is 6.10 Å². The molecule has 1 aromatic heterocycles. The molecule has 0 fully saturated rings. The first kappa shape index (κ1) is 23.7. The molecule has 0 saturated carbocycles. The number of amides is 1. The molecule has 0 aliphatic carbocycles. The molecule has 0 saturated heterocycles. The van der Waals surface area contributed by atoms with E-state index in [2.05, 4.69) is 4.98 Å². The molecule has 1 atom stereocenters. The van der Waals surface area contributed by atoms with E-state index in [4.69, 9.17) is 19.0 Å². The van der Waals surface area contributed by atoms with E-state index in [0.717, 1.165) is 22.8 Å².